The second-order valence-electron chi connectivity index (χ2n) is 8.63. The van der Waals surface area contributed by atoms with Crippen LogP contribution in [0.2, 0.25) is 0 Å². The van der Waals surface area contributed by atoms with Crippen molar-refractivity contribution in [3.63, 3.8) is 0 Å². The maximum Gasteiger partial charge on any atom is 0.293 e. The van der Waals surface area contributed by atoms with Gasteiger partial charge in [-0.1, -0.05) is 72.3 Å². The standard InChI is InChI=1S/C30H25NO4S/c1-20-7-9-21(10-8-20)19-35-26-14-12-22(16-27(26)34-2)17-28-29(32)31(30(33)36-28)18-23-11-13-24-5-3-4-6-25(24)15-23/h3-17H,18-19H2,1-2H3/b28-17-. The van der Waals surface area contributed by atoms with E-state index in [1.165, 1.54) is 10.5 Å². The van der Waals surface area contributed by atoms with Crippen molar-refractivity contribution in [2.75, 3.05) is 7.11 Å². The molecule has 0 radical (unpaired) electrons. The van der Waals surface area contributed by atoms with Crippen molar-refractivity contribution in [1.82, 2.24) is 4.90 Å². The topological polar surface area (TPSA) is 55.8 Å². The number of carbonyl (C=O) groups is 2. The monoisotopic (exact) mass is 495 g/mol. The first-order valence-corrected chi connectivity index (χ1v) is 12.4. The molecule has 180 valence electrons. The second-order valence-corrected chi connectivity index (χ2v) is 9.63. The predicted molar refractivity (Wildman–Crippen MR) is 144 cm³/mol. The Morgan fingerprint density at radius 1 is 0.833 bits per heavy atom. The number of methoxy groups -OCH3 is 1. The lowest BCUT2D eigenvalue weighted by Crippen LogP contribution is -2.27. The quantitative estimate of drug-likeness (QED) is 0.259. The smallest absolute Gasteiger partial charge is 0.293 e. The molecule has 4 aromatic carbocycles. The molecular formula is C30H25NO4S. The number of carbonyl (C=O) groups excluding carboxylic acids is 2. The molecule has 0 unspecified atom stereocenters. The Balaban J connectivity index is 1.30. The fourth-order valence-electron chi connectivity index (χ4n) is 4.05. The van der Waals surface area contributed by atoms with Gasteiger partial charge in [0.05, 0.1) is 18.6 Å². The van der Waals surface area contributed by atoms with Crippen LogP contribution in [-0.4, -0.2) is 23.2 Å². The highest BCUT2D eigenvalue weighted by molar-refractivity contribution is 8.18. The summed E-state index contributed by atoms with van der Waals surface area (Å²) in [6, 6.07) is 27.6. The number of hydrogen-bond donors (Lipinski definition) is 0. The van der Waals surface area contributed by atoms with E-state index in [0.29, 0.717) is 23.0 Å². The van der Waals surface area contributed by atoms with Crippen molar-refractivity contribution in [3.05, 3.63) is 112 Å². The number of nitrogens with zero attached hydrogens (tertiary/aromatic N) is 1. The van der Waals surface area contributed by atoms with E-state index < -0.39 is 0 Å². The summed E-state index contributed by atoms with van der Waals surface area (Å²) >= 11 is 0.952. The Labute approximate surface area is 214 Å². The molecule has 1 heterocycles. The fraction of sp³-hybridized carbons (Fsp3) is 0.133. The summed E-state index contributed by atoms with van der Waals surface area (Å²) in [6.07, 6.45) is 1.72. The van der Waals surface area contributed by atoms with Gasteiger partial charge in [-0.2, -0.15) is 0 Å². The molecule has 0 aliphatic carbocycles. The summed E-state index contributed by atoms with van der Waals surface area (Å²) in [6.45, 7) is 2.70. The number of amides is 2. The molecule has 2 amide bonds. The van der Waals surface area contributed by atoms with Crippen LogP contribution in [0.4, 0.5) is 4.79 Å². The fourth-order valence-corrected chi connectivity index (χ4v) is 4.88. The molecule has 6 heteroatoms. The van der Waals surface area contributed by atoms with Crippen molar-refractivity contribution >= 4 is 39.8 Å². The molecule has 5 nitrogen and oxygen atoms in total. The molecule has 36 heavy (non-hydrogen) atoms. The molecule has 1 saturated heterocycles. The number of aryl methyl sites for hydroxylation is 1. The SMILES string of the molecule is COc1cc(/C=C2\SC(=O)N(Cc3ccc4ccccc4c3)C2=O)ccc1OCc1ccc(C)cc1. The van der Waals surface area contributed by atoms with Gasteiger partial charge in [-0.25, -0.2) is 0 Å². The maximum atomic E-state index is 13.1. The molecular weight excluding hydrogens is 470 g/mol. The zero-order valence-corrected chi connectivity index (χ0v) is 20.9. The van der Waals surface area contributed by atoms with Crippen LogP contribution < -0.4 is 9.47 Å². The maximum absolute atomic E-state index is 13.1. The normalized spacial score (nSPS) is 14.6. The van der Waals surface area contributed by atoms with E-state index in [4.69, 9.17) is 9.47 Å². The van der Waals surface area contributed by atoms with Gasteiger partial charge >= 0.3 is 0 Å². The first kappa shape index (κ1) is 23.7. The highest BCUT2D eigenvalue weighted by atomic mass is 32.2. The lowest BCUT2D eigenvalue weighted by atomic mass is 10.1. The summed E-state index contributed by atoms with van der Waals surface area (Å²) in [5, 5.41) is 1.93. The van der Waals surface area contributed by atoms with Gasteiger partial charge in [-0.3, -0.25) is 14.5 Å². The van der Waals surface area contributed by atoms with Gasteiger partial charge in [0.15, 0.2) is 11.5 Å². The lowest BCUT2D eigenvalue weighted by molar-refractivity contribution is -0.123. The van der Waals surface area contributed by atoms with Crippen molar-refractivity contribution < 1.29 is 19.1 Å². The van der Waals surface area contributed by atoms with Gasteiger partial charge in [0.2, 0.25) is 0 Å². The highest BCUT2D eigenvalue weighted by Gasteiger charge is 2.35. The molecule has 0 bridgehead atoms. The zero-order valence-electron chi connectivity index (χ0n) is 20.1. The third-order valence-electron chi connectivity index (χ3n) is 6.03. The van der Waals surface area contributed by atoms with Crippen LogP contribution >= 0.6 is 11.8 Å². The van der Waals surface area contributed by atoms with Crippen LogP contribution in [0.3, 0.4) is 0 Å². The van der Waals surface area contributed by atoms with Gasteiger partial charge in [0, 0.05) is 0 Å². The number of ether oxygens (including phenoxy) is 2. The van der Waals surface area contributed by atoms with E-state index in [2.05, 4.69) is 0 Å². The molecule has 0 spiro atoms. The van der Waals surface area contributed by atoms with E-state index in [9.17, 15) is 9.59 Å². The van der Waals surface area contributed by atoms with E-state index in [1.54, 1.807) is 13.2 Å². The Hall–Kier alpha value is -4.03. The number of rotatable bonds is 7. The van der Waals surface area contributed by atoms with E-state index in [0.717, 1.165) is 39.2 Å². The van der Waals surface area contributed by atoms with Gasteiger partial charge < -0.3 is 9.47 Å². The summed E-state index contributed by atoms with van der Waals surface area (Å²) in [7, 11) is 1.58. The molecule has 1 aliphatic heterocycles. The first-order valence-electron chi connectivity index (χ1n) is 11.6. The van der Waals surface area contributed by atoms with Gasteiger partial charge in [-0.15, -0.1) is 0 Å². The molecule has 1 aliphatic rings. The van der Waals surface area contributed by atoms with Crippen LogP contribution in [0.1, 0.15) is 22.3 Å². The molecule has 0 atom stereocenters. The third kappa shape index (κ3) is 5.14. The molecule has 1 fully saturated rings. The van der Waals surface area contributed by atoms with E-state index in [-0.39, 0.29) is 17.7 Å². The number of imide groups is 1. The minimum Gasteiger partial charge on any atom is -0.493 e. The highest BCUT2D eigenvalue weighted by Crippen LogP contribution is 2.35. The number of fused-ring (bicyclic) bond motifs is 1. The van der Waals surface area contributed by atoms with Crippen LogP contribution in [0.25, 0.3) is 16.8 Å². The second kappa shape index (κ2) is 10.3. The lowest BCUT2D eigenvalue weighted by Gasteiger charge is -2.13. The van der Waals surface area contributed by atoms with Crippen molar-refractivity contribution in [3.8, 4) is 11.5 Å². The molecule has 5 rings (SSSR count). The molecule has 0 N–H and O–H groups in total. The minimum absolute atomic E-state index is 0.238. The summed E-state index contributed by atoms with van der Waals surface area (Å²) in [4.78, 5) is 27.4. The third-order valence-corrected chi connectivity index (χ3v) is 6.94. The van der Waals surface area contributed by atoms with Crippen molar-refractivity contribution in [2.24, 2.45) is 0 Å². The predicted octanol–water partition coefficient (Wildman–Crippen LogP) is 6.97. The Morgan fingerprint density at radius 2 is 1.58 bits per heavy atom. The largest absolute Gasteiger partial charge is 0.493 e. The van der Waals surface area contributed by atoms with Crippen molar-refractivity contribution in [2.45, 2.75) is 20.1 Å². The van der Waals surface area contributed by atoms with Crippen molar-refractivity contribution in [1.29, 1.82) is 0 Å². The average Bonchev–Trinajstić information content (AvgIpc) is 3.16. The Morgan fingerprint density at radius 3 is 2.36 bits per heavy atom. The summed E-state index contributed by atoms with van der Waals surface area (Å²) < 4.78 is 11.5. The Kier molecular flexibility index (Phi) is 6.78. The van der Waals surface area contributed by atoms with E-state index in [1.807, 2.05) is 91.9 Å². The van der Waals surface area contributed by atoms with Gasteiger partial charge in [-0.05, 0) is 70.4 Å². The van der Waals surface area contributed by atoms with Crippen LogP contribution in [0.15, 0.2) is 89.8 Å². The molecule has 0 saturated carbocycles. The summed E-state index contributed by atoms with van der Waals surface area (Å²) in [5.41, 5.74) is 3.92. The van der Waals surface area contributed by atoms with E-state index >= 15 is 0 Å². The van der Waals surface area contributed by atoms with Crippen LogP contribution in [-0.2, 0) is 17.9 Å². The zero-order chi connectivity index (χ0) is 25.1. The summed E-state index contributed by atoms with van der Waals surface area (Å²) in [5.74, 6) is 0.878. The first-order chi connectivity index (χ1) is 17.5. The van der Waals surface area contributed by atoms with Gasteiger partial charge in [0.1, 0.15) is 6.61 Å². The van der Waals surface area contributed by atoms with Crippen LogP contribution in [0, 0.1) is 6.92 Å². The molecule has 4 aromatic rings. The number of hydrogen-bond acceptors (Lipinski definition) is 5. The average molecular weight is 496 g/mol. The van der Waals surface area contributed by atoms with Crippen LogP contribution in [0.5, 0.6) is 11.5 Å². The number of benzene rings is 4. The Bertz CT molecular complexity index is 1480. The number of thioether (sulfide) groups is 1. The molecule has 0 aromatic heterocycles. The minimum atomic E-state index is -0.295. The van der Waals surface area contributed by atoms with Gasteiger partial charge in [0.25, 0.3) is 11.1 Å².